The molecule has 0 spiro atoms. The van der Waals surface area contributed by atoms with Crippen LogP contribution in [0.25, 0.3) is 0 Å². The SMILES string of the molecule is c1ccc(CN2CCCC(NCc3cnccn3)C2)cc1. The molecule has 1 atom stereocenters. The van der Waals surface area contributed by atoms with Crippen LogP contribution in [0.2, 0.25) is 0 Å². The Bertz CT molecular complexity index is 529. The standard InChI is InChI=1S/C17H22N4/c1-2-5-15(6-3-1)13-21-10-4-7-16(14-21)20-12-17-11-18-8-9-19-17/h1-3,5-6,8-9,11,16,20H,4,7,10,12-14H2. The molecule has 4 heteroatoms. The number of nitrogens with one attached hydrogen (secondary N) is 1. The van der Waals surface area contributed by atoms with E-state index in [-0.39, 0.29) is 0 Å². The lowest BCUT2D eigenvalue weighted by Gasteiger charge is -2.33. The van der Waals surface area contributed by atoms with Gasteiger partial charge in [-0.2, -0.15) is 0 Å². The summed E-state index contributed by atoms with van der Waals surface area (Å²) in [7, 11) is 0. The average molecular weight is 282 g/mol. The van der Waals surface area contributed by atoms with Gasteiger partial charge in [-0.1, -0.05) is 30.3 Å². The zero-order valence-corrected chi connectivity index (χ0v) is 12.3. The van der Waals surface area contributed by atoms with Crippen molar-refractivity contribution in [3.63, 3.8) is 0 Å². The van der Waals surface area contributed by atoms with Gasteiger partial charge < -0.3 is 5.32 Å². The van der Waals surface area contributed by atoms with E-state index in [1.54, 1.807) is 12.4 Å². The number of rotatable bonds is 5. The van der Waals surface area contributed by atoms with Gasteiger partial charge in [-0.3, -0.25) is 14.9 Å². The van der Waals surface area contributed by atoms with Crippen LogP contribution in [0.5, 0.6) is 0 Å². The molecule has 0 saturated carbocycles. The third kappa shape index (κ3) is 4.34. The summed E-state index contributed by atoms with van der Waals surface area (Å²) in [5.41, 5.74) is 2.41. The lowest BCUT2D eigenvalue weighted by atomic mass is 10.0. The van der Waals surface area contributed by atoms with E-state index in [4.69, 9.17) is 0 Å². The average Bonchev–Trinajstić information content (AvgIpc) is 2.55. The number of likely N-dealkylation sites (tertiary alicyclic amines) is 1. The Morgan fingerprint density at radius 2 is 2.10 bits per heavy atom. The molecule has 0 radical (unpaired) electrons. The van der Waals surface area contributed by atoms with Crippen LogP contribution in [0.15, 0.2) is 48.9 Å². The monoisotopic (exact) mass is 282 g/mol. The minimum Gasteiger partial charge on any atom is -0.307 e. The second-order valence-electron chi connectivity index (χ2n) is 5.64. The smallest absolute Gasteiger partial charge is 0.0724 e. The van der Waals surface area contributed by atoms with Crippen molar-refractivity contribution < 1.29 is 0 Å². The first-order valence-electron chi connectivity index (χ1n) is 7.65. The molecule has 1 aromatic carbocycles. The summed E-state index contributed by atoms with van der Waals surface area (Å²) in [6, 6.07) is 11.3. The molecule has 21 heavy (non-hydrogen) atoms. The maximum Gasteiger partial charge on any atom is 0.0724 e. The number of aromatic nitrogens is 2. The molecule has 1 fully saturated rings. The second kappa shape index (κ2) is 7.29. The molecule has 4 nitrogen and oxygen atoms in total. The predicted octanol–water partition coefficient (Wildman–Crippen LogP) is 2.23. The van der Waals surface area contributed by atoms with Crippen molar-refractivity contribution in [2.45, 2.75) is 32.0 Å². The zero-order chi connectivity index (χ0) is 14.3. The van der Waals surface area contributed by atoms with Crippen LogP contribution in [0.1, 0.15) is 24.1 Å². The summed E-state index contributed by atoms with van der Waals surface area (Å²) in [5, 5.41) is 3.61. The van der Waals surface area contributed by atoms with Crippen LogP contribution < -0.4 is 5.32 Å². The third-order valence-corrected chi connectivity index (χ3v) is 3.94. The van der Waals surface area contributed by atoms with Gasteiger partial charge in [0.2, 0.25) is 0 Å². The second-order valence-corrected chi connectivity index (χ2v) is 5.64. The molecule has 0 aliphatic carbocycles. The van der Waals surface area contributed by atoms with Crippen molar-refractivity contribution in [2.75, 3.05) is 13.1 Å². The quantitative estimate of drug-likeness (QED) is 0.913. The van der Waals surface area contributed by atoms with E-state index in [9.17, 15) is 0 Å². The van der Waals surface area contributed by atoms with Crippen LogP contribution in [0, 0.1) is 0 Å². The summed E-state index contributed by atoms with van der Waals surface area (Å²) in [5.74, 6) is 0. The van der Waals surface area contributed by atoms with Gasteiger partial charge in [-0.25, -0.2) is 0 Å². The molecule has 1 aliphatic rings. The molecule has 2 aromatic rings. The van der Waals surface area contributed by atoms with Gasteiger partial charge in [-0.05, 0) is 24.9 Å². The molecular formula is C17H22N4. The Morgan fingerprint density at radius 3 is 2.90 bits per heavy atom. The Morgan fingerprint density at radius 1 is 1.19 bits per heavy atom. The van der Waals surface area contributed by atoms with Crippen molar-refractivity contribution in [1.29, 1.82) is 0 Å². The van der Waals surface area contributed by atoms with Gasteiger partial charge in [0.05, 0.1) is 5.69 Å². The highest BCUT2D eigenvalue weighted by molar-refractivity contribution is 5.14. The summed E-state index contributed by atoms with van der Waals surface area (Å²) in [6.07, 6.45) is 7.79. The minimum absolute atomic E-state index is 0.546. The van der Waals surface area contributed by atoms with Gasteiger partial charge in [0.1, 0.15) is 0 Å². The molecule has 0 amide bonds. The first-order chi connectivity index (χ1) is 10.4. The maximum absolute atomic E-state index is 4.31. The van der Waals surface area contributed by atoms with Crippen molar-refractivity contribution in [1.82, 2.24) is 20.2 Å². The fourth-order valence-corrected chi connectivity index (χ4v) is 2.88. The van der Waals surface area contributed by atoms with Gasteiger partial charge in [0, 0.05) is 44.3 Å². The lowest BCUT2D eigenvalue weighted by molar-refractivity contribution is 0.182. The van der Waals surface area contributed by atoms with Gasteiger partial charge in [-0.15, -0.1) is 0 Å². The van der Waals surface area contributed by atoms with E-state index in [1.807, 2.05) is 6.20 Å². The normalized spacial score (nSPS) is 19.5. The molecular weight excluding hydrogens is 260 g/mol. The Kier molecular flexibility index (Phi) is 4.92. The summed E-state index contributed by atoms with van der Waals surface area (Å²) in [4.78, 5) is 11.0. The summed E-state index contributed by atoms with van der Waals surface area (Å²) < 4.78 is 0. The third-order valence-electron chi connectivity index (χ3n) is 3.94. The van der Waals surface area contributed by atoms with Crippen molar-refractivity contribution in [2.24, 2.45) is 0 Å². The molecule has 110 valence electrons. The van der Waals surface area contributed by atoms with Crippen LogP contribution in [-0.2, 0) is 13.1 Å². The molecule has 1 aromatic heterocycles. The van der Waals surface area contributed by atoms with E-state index in [1.165, 1.54) is 24.9 Å². The molecule has 2 heterocycles. The van der Waals surface area contributed by atoms with Gasteiger partial charge in [0.25, 0.3) is 0 Å². The lowest BCUT2D eigenvalue weighted by Crippen LogP contribution is -2.45. The van der Waals surface area contributed by atoms with E-state index < -0.39 is 0 Å². The Hall–Kier alpha value is -1.78. The van der Waals surface area contributed by atoms with E-state index in [0.29, 0.717) is 6.04 Å². The van der Waals surface area contributed by atoms with Gasteiger partial charge in [0.15, 0.2) is 0 Å². The Labute approximate surface area is 126 Å². The van der Waals surface area contributed by atoms with Crippen LogP contribution in [-0.4, -0.2) is 34.0 Å². The molecule has 1 unspecified atom stereocenters. The number of hydrogen-bond acceptors (Lipinski definition) is 4. The van der Waals surface area contributed by atoms with Crippen molar-refractivity contribution in [3.8, 4) is 0 Å². The number of benzene rings is 1. The van der Waals surface area contributed by atoms with Crippen LogP contribution >= 0.6 is 0 Å². The van der Waals surface area contributed by atoms with E-state index in [0.717, 1.165) is 25.3 Å². The van der Waals surface area contributed by atoms with Crippen molar-refractivity contribution in [3.05, 3.63) is 60.2 Å². The van der Waals surface area contributed by atoms with E-state index >= 15 is 0 Å². The highest BCUT2D eigenvalue weighted by Gasteiger charge is 2.19. The summed E-state index contributed by atoms with van der Waals surface area (Å²) in [6.45, 7) is 4.15. The molecule has 1 N–H and O–H groups in total. The first kappa shape index (κ1) is 14.2. The summed E-state index contributed by atoms with van der Waals surface area (Å²) >= 11 is 0. The van der Waals surface area contributed by atoms with Crippen LogP contribution in [0.4, 0.5) is 0 Å². The first-order valence-corrected chi connectivity index (χ1v) is 7.65. The highest BCUT2D eigenvalue weighted by atomic mass is 15.2. The predicted molar refractivity (Wildman–Crippen MR) is 83.6 cm³/mol. The number of nitrogens with zero attached hydrogens (tertiary/aromatic N) is 3. The van der Waals surface area contributed by atoms with Crippen LogP contribution in [0.3, 0.4) is 0 Å². The fourth-order valence-electron chi connectivity index (χ4n) is 2.88. The maximum atomic E-state index is 4.31. The molecule has 0 bridgehead atoms. The molecule has 3 rings (SSSR count). The van der Waals surface area contributed by atoms with Gasteiger partial charge >= 0.3 is 0 Å². The van der Waals surface area contributed by atoms with E-state index in [2.05, 4.69) is 50.5 Å². The number of piperidine rings is 1. The molecule has 1 saturated heterocycles. The Balaban J connectivity index is 1.49. The topological polar surface area (TPSA) is 41.0 Å². The van der Waals surface area contributed by atoms with Crippen molar-refractivity contribution >= 4 is 0 Å². The minimum atomic E-state index is 0.546. The fraction of sp³-hybridized carbons (Fsp3) is 0.412. The zero-order valence-electron chi connectivity index (χ0n) is 12.3. The largest absolute Gasteiger partial charge is 0.307 e. The number of hydrogen-bond donors (Lipinski definition) is 1. The molecule has 1 aliphatic heterocycles. The highest BCUT2D eigenvalue weighted by Crippen LogP contribution is 2.14.